The highest BCUT2D eigenvalue weighted by Gasteiger charge is 2.37. The third kappa shape index (κ3) is 14.3. The van der Waals surface area contributed by atoms with Gasteiger partial charge in [0.05, 0.1) is 25.6 Å². The minimum Gasteiger partial charge on any atom is -0.460 e. The molecule has 0 saturated carbocycles. The van der Waals surface area contributed by atoms with E-state index in [1.54, 1.807) is 36.4 Å². The largest absolute Gasteiger partial charge is 0.508 e. The number of nitrogens with one attached hydrogen (secondary N) is 2. The van der Waals surface area contributed by atoms with Crippen molar-refractivity contribution in [3.63, 3.8) is 0 Å². The van der Waals surface area contributed by atoms with Crippen molar-refractivity contribution >= 4 is 30.2 Å². The van der Waals surface area contributed by atoms with Gasteiger partial charge in [-0.05, 0) is 36.1 Å². The van der Waals surface area contributed by atoms with Crippen molar-refractivity contribution in [1.29, 1.82) is 0 Å². The zero-order valence-electron chi connectivity index (χ0n) is 28.1. The van der Waals surface area contributed by atoms with Gasteiger partial charge < -0.3 is 49.7 Å². The van der Waals surface area contributed by atoms with Gasteiger partial charge in [-0.2, -0.15) is 0 Å². The van der Waals surface area contributed by atoms with Crippen molar-refractivity contribution in [1.82, 2.24) is 5.32 Å². The van der Waals surface area contributed by atoms with Crippen LogP contribution in [-0.4, -0.2) is 80.1 Å². The first-order valence-corrected chi connectivity index (χ1v) is 15.3. The van der Waals surface area contributed by atoms with Crippen molar-refractivity contribution in [3.05, 3.63) is 83.2 Å². The molecule has 0 fully saturated rings. The number of guanidine groups is 1. The summed E-state index contributed by atoms with van der Waals surface area (Å²) in [6.07, 6.45) is -2.39. The first-order valence-electron chi connectivity index (χ1n) is 15.3. The Labute approximate surface area is 289 Å². The summed E-state index contributed by atoms with van der Waals surface area (Å²) >= 11 is 0. The first kappa shape index (κ1) is 40.6. The van der Waals surface area contributed by atoms with Gasteiger partial charge in [-0.1, -0.05) is 55.1 Å². The van der Waals surface area contributed by atoms with Crippen LogP contribution in [0, 0.1) is 10.8 Å². The maximum atomic E-state index is 12.6. The highest BCUT2D eigenvalue weighted by molar-refractivity contribution is 5.77. The molecule has 10 N–H and O–H groups in total. The number of rotatable bonds is 20. The molecule has 17 nitrogen and oxygen atoms in total. The fourth-order valence-corrected chi connectivity index (χ4v) is 3.68. The molecular formula is C33H46N5O12+. The second-order valence-electron chi connectivity index (χ2n) is 11.7. The summed E-state index contributed by atoms with van der Waals surface area (Å²) in [5.41, 5.74) is 16.3. The predicted octanol–water partition coefficient (Wildman–Crippen LogP) is -0.850. The molecule has 0 aliphatic rings. The van der Waals surface area contributed by atoms with Gasteiger partial charge in [0.15, 0.2) is 0 Å². The number of aliphatic hydroxyl groups is 2. The van der Waals surface area contributed by atoms with Gasteiger partial charge in [-0.25, -0.2) is 9.59 Å². The van der Waals surface area contributed by atoms with Gasteiger partial charge in [-0.15, -0.1) is 0 Å². The summed E-state index contributed by atoms with van der Waals surface area (Å²) in [5.74, 6) is -1.19. The van der Waals surface area contributed by atoms with Gasteiger partial charge >= 0.3 is 30.2 Å². The van der Waals surface area contributed by atoms with Crippen LogP contribution in [0.2, 0.25) is 0 Å². The van der Waals surface area contributed by atoms with Crippen molar-refractivity contribution in [2.24, 2.45) is 28.0 Å². The lowest BCUT2D eigenvalue weighted by atomic mass is 9.93. The normalized spacial score (nSPS) is 13.0. The quantitative estimate of drug-likeness (QED) is 0.0291. The average molecular weight is 705 g/mol. The van der Waals surface area contributed by atoms with Crippen molar-refractivity contribution in [3.8, 4) is 0 Å². The molecule has 2 rings (SSSR count). The van der Waals surface area contributed by atoms with E-state index in [2.05, 4.69) is 16.9 Å². The SMILES string of the molecule is C=C(N)NCc1ccc(COC(=O)C(C)(CO)COC(=O)OCCOC(=O)OCC(C)(CO)C(=O)OCc2ccc(C[NH+]=C(N)N)cc2)cc1. The molecule has 2 atom stereocenters. The molecule has 2 aromatic rings. The number of nitrogens with two attached hydrogens (primary N) is 3. The number of aliphatic hydroxyl groups excluding tert-OH is 2. The molecule has 0 aliphatic carbocycles. The van der Waals surface area contributed by atoms with Crippen LogP contribution < -0.4 is 27.5 Å². The number of benzene rings is 2. The Morgan fingerprint density at radius 3 is 1.46 bits per heavy atom. The van der Waals surface area contributed by atoms with Crippen molar-refractivity contribution in [2.45, 2.75) is 40.2 Å². The lowest BCUT2D eigenvalue weighted by molar-refractivity contribution is -0.477. The molecule has 50 heavy (non-hydrogen) atoms. The van der Waals surface area contributed by atoms with Gasteiger partial charge in [0.1, 0.15) is 50.5 Å². The molecule has 0 aromatic heterocycles. The van der Waals surface area contributed by atoms with Crippen LogP contribution >= 0.6 is 0 Å². The Morgan fingerprint density at radius 1 is 0.680 bits per heavy atom. The maximum Gasteiger partial charge on any atom is 0.508 e. The van der Waals surface area contributed by atoms with Crippen molar-refractivity contribution in [2.75, 3.05) is 39.6 Å². The monoisotopic (exact) mass is 704 g/mol. The van der Waals surface area contributed by atoms with Crippen LogP contribution in [0.4, 0.5) is 9.59 Å². The Kier molecular flexibility index (Phi) is 16.3. The van der Waals surface area contributed by atoms with Crippen LogP contribution in [0.1, 0.15) is 36.1 Å². The molecule has 0 bridgehead atoms. The highest BCUT2D eigenvalue weighted by Crippen LogP contribution is 2.21. The smallest absolute Gasteiger partial charge is 0.460 e. The lowest BCUT2D eigenvalue weighted by Crippen LogP contribution is -2.76. The lowest BCUT2D eigenvalue weighted by Gasteiger charge is -2.24. The zero-order valence-corrected chi connectivity index (χ0v) is 28.1. The van der Waals surface area contributed by atoms with E-state index in [9.17, 15) is 29.4 Å². The number of hydrogen-bond acceptors (Lipinski definition) is 14. The minimum absolute atomic E-state index is 0.0822. The van der Waals surface area contributed by atoms with E-state index >= 15 is 0 Å². The number of carbonyl (C=O) groups is 4. The number of esters is 2. The number of ether oxygens (including phenoxy) is 6. The second kappa shape index (κ2) is 20.1. The standard InChI is InChI=1S/C33H45N5O12/c1-22(34)37-14-23-4-8-25(9-5-23)16-47-27(41)32(2,18-39)20-49-30(43)45-12-13-46-31(44)50-21-33(3,19-40)28(42)48-17-26-10-6-24(7-11-26)15-38-29(35)36/h4-11,37,39-40H,1,12-21,34H2,2-3H3,(H4,35,36,38)/p+1. The maximum absolute atomic E-state index is 12.6. The van der Waals surface area contributed by atoms with Crippen LogP contribution in [-0.2, 0) is 64.3 Å². The molecule has 17 heteroatoms. The van der Waals surface area contributed by atoms with Crippen LogP contribution in [0.3, 0.4) is 0 Å². The molecule has 2 unspecified atom stereocenters. The first-order chi connectivity index (χ1) is 23.7. The summed E-state index contributed by atoms with van der Waals surface area (Å²) in [4.78, 5) is 52.1. The molecule has 0 spiro atoms. The Hall–Kier alpha value is -5.55. The number of carbonyl (C=O) groups excluding carboxylic acids is 4. The third-order valence-electron chi connectivity index (χ3n) is 7.03. The van der Waals surface area contributed by atoms with Crippen LogP contribution in [0.25, 0.3) is 0 Å². The van der Waals surface area contributed by atoms with E-state index in [-0.39, 0.29) is 19.2 Å². The summed E-state index contributed by atoms with van der Waals surface area (Å²) < 4.78 is 30.1. The van der Waals surface area contributed by atoms with Crippen LogP contribution in [0.15, 0.2) is 60.9 Å². The van der Waals surface area contributed by atoms with Gasteiger partial charge in [0.2, 0.25) is 0 Å². The Morgan fingerprint density at radius 2 is 1.08 bits per heavy atom. The molecule has 0 aliphatic heterocycles. The second-order valence-corrected chi connectivity index (χ2v) is 11.7. The van der Waals surface area contributed by atoms with E-state index in [1.165, 1.54) is 13.8 Å². The van der Waals surface area contributed by atoms with Crippen molar-refractivity contribution < 1.29 is 62.8 Å². The topological polar surface area (TPSA) is 268 Å². The van der Waals surface area contributed by atoms with E-state index < -0.39 is 74.7 Å². The summed E-state index contributed by atoms with van der Waals surface area (Å²) in [6.45, 7) is 3.61. The molecule has 274 valence electrons. The van der Waals surface area contributed by atoms with Crippen LogP contribution in [0.5, 0.6) is 0 Å². The van der Waals surface area contributed by atoms with Gasteiger partial charge in [0, 0.05) is 6.54 Å². The third-order valence-corrected chi connectivity index (χ3v) is 7.03. The molecule has 0 amide bonds. The minimum atomic E-state index is -1.58. The van der Waals surface area contributed by atoms with Gasteiger partial charge in [-0.3, -0.25) is 26.0 Å². The van der Waals surface area contributed by atoms with E-state index in [0.717, 1.165) is 11.1 Å². The highest BCUT2D eigenvalue weighted by atomic mass is 16.7. The van der Waals surface area contributed by atoms with Gasteiger partial charge in [0.25, 0.3) is 0 Å². The predicted molar refractivity (Wildman–Crippen MR) is 176 cm³/mol. The fraction of sp³-hybridized carbons (Fsp3) is 0.424. The summed E-state index contributed by atoms with van der Waals surface area (Å²) in [5, 5.41) is 22.5. The molecule has 0 heterocycles. The van der Waals surface area contributed by atoms with E-state index in [1.807, 2.05) is 12.1 Å². The molecule has 2 aromatic carbocycles. The zero-order chi connectivity index (χ0) is 37.2. The average Bonchev–Trinajstić information content (AvgIpc) is 3.11. The van der Waals surface area contributed by atoms with E-state index in [0.29, 0.717) is 30.0 Å². The fourth-order valence-electron chi connectivity index (χ4n) is 3.68. The molecule has 0 radical (unpaired) electrons. The van der Waals surface area contributed by atoms with E-state index in [4.69, 9.17) is 45.6 Å². The Balaban J connectivity index is 1.68. The summed E-state index contributed by atoms with van der Waals surface area (Å²) in [6, 6.07) is 14.2. The summed E-state index contributed by atoms with van der Waals surface area (Å²) in [7, 11) is 0. The Bertz CT molecular complexity index is 1460. The molecular weight excluding hydrogens is 658 g/mol. The molecule has 0 saturated heterocycles. The number of hydrogen-bond donors (Lipinski definition) is 7.